The van der Waals surface area contributed by atoms with Crippen LogP contribution in [0.25, 0.3) is 22.0 Å². The number of pyridine rings is 1. The monoisotopic (exact) mass is 296 g/mol. The van der Waals surface area contributed by atoms with E-state index in [1.165, 1.54) is 0 Å². The average molecular weight is 296 g/mol. The van der Waals surface area contributed by atoms with Gasteiger partial charge in [0.25, 0.3) is 5.56 Å². The van der Waals surface area contributed by atoms with E-state index >= 15 is 0 Å². The summed E-state index contributed by atoms with van der Waals surface area (Å²) in [5.74, 6) is 0. The van der Waals surface area contributed by atoms with Crippen LogP contribution in [-0.2, 0) is 4.74 Å². The Labute approximate surface area is 129 Å². The molecule has 0 spiro atoms. The fourth-order valence-corrected chi connectivity index (χ4v) is 2.94. The third-order valence-electron chi connectivity index (χ3n) is 4.06. The summed E-state index contributed by atoms with van der Waals surface area (Å²) in [7, 11) is 1.71. The van der Waals surface area contributed by atoms with E-state index in [1.54, 1.807) is 13.3 Å². The van der Waals surface area contributed by atoms with Crippen LogP contribution in [0.3, 0.4) is 0 Å². The lowest BCUT2D eigenvalue weighted by Crippen LogP contribution is -2.13. The number of rotatable bonds is 5. The minimum absolute atomic E-state index is 0.0534. The maximum Gasteiger partial charge on any atom is 0.258 e. The maximum absolute atomic E-state index is 12.4. The predicted molar refractivity (Wildman–Crippen MR) is 89.2 cm³/mol. The first kappa shape index (κ1) is 14.6. The Hall–Kier alpha value is -2.33. The number of methoxy groups -OCH3 is 1. The van der Waals surface area contributed by atoms with Crippen LogP contribution in [0, 0.1) is 0 Å². The van der Waals surface area contributed by atoms with Gasteiger partial charge in [-0.2, -0.15) is 0 Å². The number of H-pyrrole nitrogens is 1. The highest BCUT2D eigenvalue weighted by Crippen LogP contribution is 2.31. The summed E-state index contributed by atoms with van der Waals surface area (Å²) in [6, 6.07) is 12.2. The topological polar surface area (TPSA) is 47.0 Å². The molecule has 3 rings (SSSR count). The summed E-state index contributed by atoms with van der Waals surface area (Å²) in [6.45, 7) is 2.76. The van der Waals surface area contributed by atoms with Crippen LogP contribution in [-0.4, -0.2) is 23.3 Å². The van der Waals surface area contributed by atoms with E-state index in [1.807, 2.05) is 36.4 Å². The fraction of sp³-hybridized carbons (Fsp3) is 0.278. The first-order valence-corrected chi connectivity index (χ1v) is 7.52. The Kier molecular flexibility index (Phi) is 4.11. The summed E-state index contributed by atoms with van der Waals surface area (Å²) in [5.41, 5.74) is 2.91. The van der Waals surface area contributed by atoms with Gasteiger partial charge in [0.15, 0.2) is 0 Å². The molecule has 2 heterocycles. The van der Waals surface area contributed by atoms with Crippen molar-refractivity contribution >= 4 is 10.9 Å². The Morgan fingerprint density at radius 2 is 2.00 bits per heavy atom. The van der Waals surface area contributed by atoms with Crippen LogP contribution in [0.15, 0.2) is 53.6 Å². The third kappa shape index (κ3) is 2.46. The van der Waals surface area contributed by atoms with Crippen molar-refractivity contribution in [1.29, 1.82) is 0 Å². The van der Waals surface area contributed by atoms with Gasteiger partial charge in [-0.25, -0.2) is 0 Å². The smallest absolute Gasteiger partial charge is 0.258 e. The van der Waals surface area contributed by atoms with E-state index in [0.29, 0.717) is 6.61 Å². The van der Waals surface area contributed by atoms with Crippen LogP contribution < -0.4 is 5.56 Å². The fourth-order valence-electron chi connectivity index (χ4n) is 2.94. The number of aromatic amines is 1. The molecular formula is C18H20N2O2. The Morgan fingerprint density at radius 1 is 1.23 bits per heavy atom. The van der Waals surface area contributed by atoms with Crippen molar-refractivity contribution < 1.29 is 4.74 Å². The molecule has 0 aliphatic carbocycles. The molecule has 0 saturated heterocycles. The number of benzene rings is 1. The first-order valence-electron chi connectivity index (χ1n) is 7.52. The molecular weight excluding hydrogens is 276 g/mol. The number of nitrogens with zero attached hydrogens (tertiary/aromatic N) is 1. The number of hydrogen-bond acceptors (Lipinski definition) is 2. The molecule has 114 valence electrons. The second-order valence-electron chi connectivity index (χ2n) is 5.40. The van der Waals surface area contributed by atoms with Gasteiger partial charge in [0.1, 0.15) is 0 Å². The zero-order chi connectivity index (χ0) is 15.5. The highest BCUT2D eigenvalue weighted by atomic mass is 16.5. The number of nitrogens with one attached hydrogen (secondary N) is 1. The van der Waals surface area contributed by atoms with Crippen molar-refractivity contribution in [3.8, 4) is 11.1 Å². The summed E-state index contributed by atoms with van der Waals surface area (Å²) >= 11 is 0. The van der Waals surface area contributed by atoms with E-state index in [2.05, 4.69) is 22.7 Å². The van der Waals surface area contributed by atoms with Gasteiger partial charge < -0.3 is 14.3 Å². The molecule has 1 N–H and O–H groups in total. The van der Waals surface area contributed by atoms with E-state index in [-0.39, 0.29) is 11.6 Å². The average Bonchev–Trinajstić information content (AvgIpc) is 2.94. The molecule has 0 saturated carbocycles. The van der Waals surface area contributed by atoms with Crippen molar-refractivity contribution in [3.63, 3.8) is 0 Å². The summed E-state index contributed by atoms with van der Waals surface area (Å²) in [4.78, 5) is 15.1. The summed E-state index contributed by atoms with van der Waals surface area (Å²) in [6.07, 6.45) is 4.72. The van der Waals surface area contributed by atoms with Crippen molar-refractivity contribution in [3.05, 3.63) is 59.1 Å². The highest BCUT2D eigenvalue weighted by molar-refractivity contribution is 5.95. The lowest BCUT2D eigenvalue weighted by Gasteiger charge is -2.17. The predicted octanol–water partition coefficient (Wildman–Crippen LogP) is 3.59. The molecule has 0 aliphatic heterocycles. The van der Waals surface area contributed by atoms with Crippen molar-refractivity contribution in [2.24, 2.45) is 0 Å². The minimum Gasteiger partial charge on any atom is -0.383 e. The quantitative estimate of drug-likeness (QED) is 0.782. The zero-order valence-corrected chi connectivity index (χ0v) is 12.9. The molecule has 3 aromatic rings. The van der Waals surface area contributed by atoms with Gasteiger partial charge in [0.2, 0.25) is 0 Å². The second-order valence-corrected chi connectivity index (χ2v) is 5.40. The molecule has 22 heavy (non-hydrogen) atoms. The van der Waals surface area contributed by atoms with E-state index < -0.39 is 0 Å². The second kappa shape index (κ2) is 6.20. The number of aromatic nitrogens is 2. The SMILES string of the molecule is CCC(COC)n1cc(-c2ccccc2)c2c(=O)[nH]ccc21. The zero-order valence-electron chi connectivity index (χ0n) is 12.9. The summed E-state index contributed by atoms with van der Waals surface area (Å²) < 4.78 is 7.50. The first-order chi connectivity index (χ1) is 10.8. The molecule has 1 aromatic carbocycles. The van der Waals surface area contributed by atoms with Crippen LogP contribution in [0.1, 0.15) is 19.4 Å². The van der Waals surface area contributed by atoms with Gasteiger partial charge >= 0.3 is 0 Å². The van der Waals surface area contributed by atoms with Crippen LogP contribution >= 0.6 is 0 Å². The van der Waals surface area contributed by atoms with Crippen molar-refractivity contribution in [1.82, 2.24) is 9.55 Å². The Bertz CT molecular complexity index is 818. The molecule has 0 fully saturated rings. The number of hydrogen-bond donors (Lipinski definition) is 1. The Balaban J connectivity index is 2.28. The standard InChI is InChI=1S/C18H20N2O2/c1-3-14(12-22-2)20-11-15(13-7-5-4-6-8-13)17-16(20)9-10-19-18(17)21/h4-11,14H,3,12H2,1-2H3,(H,19,21). The van der Waals surface area contributed by atoms with E-state index in [0.717, 1.165) is 28.5 Å². The van der Waals surface area contributed by atoms with Gasteiger partial charge in [-0.05, 0) is 18.1 Å². The van der Waals surface area contributed by atoms with Gasteiger partial charge in [-0.3, -0.25) is 4.79 Å². The van der Waals surface area contributed by atoms with E-state index in [4.69, 9.17) is 4.74 Å². The highest BCUT2D eigenvalue weighted by Gasteiger charge is 2.17. The van der Waals surface area contributed by atoms with Gasteiger partial charge in [-0.15, -0.1) is 0 Å². The van der Waals surface area contributed by atoms with Gasteiger partial charge in [-0.1, -0.05) is 37.3 Å². The third-order valence-corrected chi connectivity index (χ3v) is 4.06. The molecule has 1 unspecified atom stereocenters. The Morgan fingerprint density at radius 3 is 2.68 bits per heavy atom. The largest absolute Gasteiger partial charge is 0.383 e. The van der Waals surface area contributed by atoms with Crippen molar-refractivity contribution in [2.45, 2.75) is 19.4 Å². The summed E-state index contributed by atoms with van der Waals surface area (Å²) in [5, 5.41) is 0.739. The molecule has 0 radical (unpaired) electrons. The van der Waals surface area contributed by atoms with Gasteiger partial charge in [0.05, 0.1) is 23.6 Å². The van der Waals surface area contributed by atoms with E-state index in [9.17, 15) is 4.79 Å². The van der Waals surface area contributed by atoms with Crippen molar-refractivity contribution in [2.75, 3.05) is 13.7 Å². The number of ether oxygens (including phenoxy) is 1. The minimum atomic E-state index is -0.0534. The molecule has 0 aliphatic rings. The molecule has 2 aromatic heterocycles. The van der Waals surface area contributed by atoms with Crippen LogP contribution in [0.2, 0.25) is 0 Å². The lowest BCUT2D eigenvalue weighted by atomic mass is 10.1. The molecule has 4 heteroatoms. The molecule has 0 bridgehead atoms. The normalized spacial score (nSPS) is 12.6. The molecule has 4 nitrogen and oxygen atoms in total. The maximum atomic E-state index is 12.4. The van der Waals surface area contributed by atoms with Crippen LogP contribution in [0.4, 0.5) is 0 Å². The molecule has 0 amide bonds. The number of fused-ring (bicyclic) bond motifs is 1. The lowest BCUT2D eigenvalue weighted by molar-refractivity contribution is 0.155. The molecule has 1 atom stereocenters. The van der Waals surface area contributed by atoms with Gasteiger partial charge in [0, 0.05) is 25.1 Å². The van der Waals surface area contributed by atoms with Crippen LogP contribution in [0.5, 0.6) is 0 Å².